The highest BCUT2D eigenvalue weighted by Gasteiger charge is 2.32. The van der Waals surface area contributed by atoms with Gasteiger partial charge in [0.2, 0.25) is 0 Å². The fourth-order valence-corrected chi connectivity index (χ4v) is 4.38. The lowest BCUT2D eigenvalue weighted by molar-refractivity contribution is 0.166. The first-order chi connectivity index (χ1) is 11.8. The third kappa shape index (κ3) is 3.48. The molecule has 1 N–H and O–H groups in total. The van der Waals surface area contributed by atoms with E-state index in [4.69, 9.17) is 4.74 Å². The highest BCUT2D eigenvalue weighted by atomic mass is 32.2. The highest BCUT2D eigenvalue weighted by Crippen LogP contribution is 2.37. The molecular formula is C18H20FNO4S. The van der Waals surface area contributed by atoms with Gasteiger partial charge in [0.15, 0.2) is 0 Å². The Morgan fingerprint density at radius 2 is 1.88 bits per heavy atom. The van der Waals surface area contributed by atoms with Crippen LogP contribution in [0.15, 0.2) is 47.4 Å². The molecule has 0 saturated carbocycles. The Kier molecular flexibility index (Phi) is 4.71. The molecule has 1 heterocycles. The summed E-state index contributed by atoms with van der Waals surface area (Å²) in [6, 6.07) is 9.96. The Hall–Kier alpha value is -2.12. The van der Waals surface area contributed by atoms with E-state index in [1.807, 2.05) is 13.8 Å². The normalized spacial score (nSPS) is 17.5. The molecule has 1 aliphatic heterocycles. The predicted molar refractivity (Wildman–Crippen MR) is 92.7 cm³/mol. The van der Waals surface area contributed by atoms with Crippen molar-refractivity contribution in [3.63, 3.8) is 0 Å². The van der Waals surface area contributed by atoms with E-state index in [0.29, 0.717) is 11.4 Å². The van der Waals surface area contributed by atoms with Crippen LogP contribution in [0.1, 0.15) is 31.9 Å². The molecule has 0 aliphatic carbocycles. The number of aliphatic hydroxyl groups excluding tert-OH is 1. The monoisotopic (exact) mass is 365 g/mol. The lowest BCUT2D eigenvalue weighted by Crippen LogP contribution is -2.36. The van der Waals surface area contributed by atoms with E-state index in [0.717, 1.165) is 0 Å². The Balaban J connectivity index is 1.97. The highest BCUT2D eigenvalue weighted by molar-refractivity contribution is 7.92. The lowest BCUT2D eigenvalue weighted by atomic mass is 10.0. The molecule has 1 aliphatic rings. The van der Waals surface area contributed by atoms with Crippen molar-refractivity contribution in [1.29, 1.82) is 0 Å². The number of benzene rings is 2. The number of ether oxygens (including phenoxy) is 1. The molecule has 0 radical (unpaired) electrons. The number of aliphatic hydroxyl groups is 1. The average molecular weight is 365 g/mol. The minimum absolute atomic E-state index is 0.00665. The topological polar surface area (TPSA) is 66.8 Å². The molecule has 25 heavy (non-hydrogen) atoms. The second kappa shape index (κ2) is 6.65. The minimum Gasteiger partial charge on any atom is -0.491 e. The van der Waals surface area contributed by atoms with Crippen LogP contribution < -0.4 is 9.04 Å². The van der Waals surface area contributed by atoms with E-state index >= 15 is 0 Å². The molecule has 1 unspecified atom stereocenters. The van der Waals surface area contributed by atoms with Crippen LogP contribution in [0.2, 0.25) is 0 Å². The molecule has 7 heteroatoms. The number of fused-ring (bicyclic) bond motifs is 1. The second-order valence-electron chi connectivity index (χ2n) is 6.22. The van der Waals surface area contributed by atoms with Crippen LogP contribution in [0.5, 0.6) is 5.75 Å². The van der Waals surface area contributed by atoms with Gasteiger partial charge in [-0.15, -0.1) is 0 Å². The molecule has 0 fully saturated rings. The number of nitrogens with zero attached hydrogens (tertiary/aromatic N) is 1. The van der Waals surface area contributed by atoms with Gasteiger partial charge in [-0.25, -0.2) is 12.8 Å². The van der Waals surface area contributed by atoms with Gasteiger partial charge in [-0.05, 0) is 62.7 Å². The largest absolute Gasteiger partial charge is 0.491 e. The van der Waals surface area contributed by atoms with E-state index in [-0.39, 0.29) is 29.5 Å². The summed E-state index contributed by atoms with van der Waals surface area (Å²) in [4.78, 5) is 0.121. The Labute approximate surface area is 146 Å². The zero-order chi connectivity index (χ0) is 18.2. The van der Waals surface area contributed by atoms with Crippen molar-refractivity contribution in [1.82, 2.24) is 0 Å². The molecular weight excluding hydrogens is 345 g/mol. The summed E-state index contributed by atoms with van der Waals surface area (Å²) in [6.07, 6.45) is -0.670. The van der Waals surface area contributed by atoms with Crippen molar-refractivity contribution in [2.24, 2.45) is 0 Å². The first-order valence-corrected chi connectivity index (χ1v) is 9.50. The van der Waals surface area contributed by atoms with Crippen LogP contribution in [0.25, 0.3) is 0 Å². The van der Waals surface area contributed by atoms with Crippen LogP contribution >= 0.6 is 0 Å². The summed E-state index contributed by atoms with van der Waals surface area (Å²) in [6.45, 7) is 3.91. The number of rotatable bonds is 4. The molecule has 134 valence electrons. The fraction of sp³-hybridized carbons (Fsp3) is 0.333. The van der Waals surface area contributed by atoms with Gasteiger partial charge in [-0.1, -0.05) is 0 Å². The lowest BCUT2D eigenvalue weighted by Gasteiger charge is -2.33. The molecule has 0 spiro atoms. The maximum absolute atomic E-state index is 13.5. The Bertz CT molecular complexity index is 865. The zero-order valence-corrected chi connectivity index (χ0v) is 14.8. The van der Waals surface area contributed by atoms with Crippen molar-refractivity contribution >= 4 is 15.7 Å². The van der Waals surface area contributed by atoms with Crippen LogP contribution in [0.3, 0.4) is 0 Å². The van der Waals surface area contributed by atoms with Crippen molar-refractivity contribution in [3.05, 3.63) is 53.8 Å². The third-order valence-corrected chi connectivity index (χ3v) is 5.83. The van der Waals surface area contributed by atoms with E-state index in [1.165, 1.54) is 34.6 Å². The van der Waals surface area contributed by atoms with Gasteiger partial charge in [0.25, 0.3) is 10.0 Å². The predicted octanol–water partition coefficient (Wildman–Crippen LogP) is 3.25. The van der Waals surface area contributed by atoms with Gasteiger partial charge in [0.1, 0.15) is 11.6 Å². The Morgan fingerprint density at radius 1 is 1.20 bits per heavy atom. The molecule has 0 aromatic heterocycles. The van der Waals surface area contributed by atoms with Crippen molar-refractivity contribution in [2.75, 3.05) is 10.8 Å². The van der Waals surface area contributed by atoms with E-state index in [2.05, 4.69) is 0 Å². The number of sulfonamides is 1. The molecule has 0 bridgehead atoms. The number of hydrogen-bond acceptors (Lipinski definition) is 4. The Morgan fingerprint density at radius 3 is 2.52 bits per heavy atom. The van der Waals surface area contributed by atoms with Crippen LogP contribution in [-0.4, -0.2) is 26.2 Å². The van der Waals surface area contributed by atoms with Gasteiger partial charge < -0.3 is 9.84 Å². The zero-order valence-electron chi connectivity index (χ0n) is 14.0. The smallest absolute Gasteiger partial charge is 0.264 e. The van der Waals surface area contributed by atoms with E-state index in [9.17, 15) is 17.9 Å². The fourth-order valence-electron chi connectivity index (χ4n) is 2.87. The van der Waals surface area contributed by atoms with E-state index < -0.39 is 21.9 Å². The summed E-state index contributed by atoms with van der Waals surface area (Å²) in [5, 5.41) is 10.1. The van der Waals surface area contributed by atoms with Gasteiger partial charge in [0, 0.05) is 12.1 Å². The standard InChI is InChI=1S/C18H20FNO4S/c1-12(2)24-14-4-6-15(7-5-14)25(22,23)20-10-9-18(21)16-11-13(19)3-8-17(16)20/h3-8,11-12,18,21H,9-10H2,1-2H3. The second-order valence-corrected chi connectivity index (χ2v) is 8.09. The minimum atomic E-state index is -3.81. The van der Waals surface area contributed by atoms with Gasteiger partial charge in [0.05, 0.1) is 22.8 Å². The van der Waals surface area contributed by atoms with Crippen LogP contribution in [0, 0.1) is 5.82 Å². The SMILES string of the molecule is CC(C)Oc1ccc(S(=O)(=O)N2CCC(O)c3cc(F)ccc32)cc1. The number of anilines is 1. The average Bonchev–Trinajstić information content (AvgIpc) is 2.55. The van der Waals surface area contributed by atoms with Gasteiger partial charge in [-0.2, -0.15) is 0 Å². The van der Waals surface area contributed by atoms with Gasteiger partial charge >= 0.3 is 0 Å². The van der Waals surface area contributed by atoms with Gasteiger partial charge in [-0.3, -0.25) is 4.31 Å². The van der Waals surface area contributed by atoms with Crippen molar-refractivity contribution in [2.45, 2.75) is 37.4 Å². The van der Waals surface area contributed by atoms with Crippen LogP contribution in [0.4, 0.5) is 10.1 Å². The van der Waals surface area contributed by atoms with Crippen molar-refractivity contribution < 1.29 is 22.7 Å². The maximum atomic E-state index is 13.5. The number of halogens is 1. The molecule has 5 nitrogen and oxygen atoms in total. The summed E-state index contributed by atoms with van der Waals surface area (Å²) < 4.78 is 46.2. The summed E-state index contributed by atoms with van der Waals surface area (Å²) in [7, 11) is -3.81. The number of hydrogen-bond donors (Lipinski definition) is 1. The summed E-state index contributed by atoms with van der Waals surface area (Å²) in [5.41, 5.74) is 0.595. The van der Waals surface area contributed by atoms with Crippen molar-refractivity contribution in [3.8, 4) is 5.75 Å². The molecule has 2 aromatic carbocycles. The third-order valence-electron chi connectivity index (χ3n) is 4.01. The first-order valence-electron chi connectivity index (χ1n) is 8.06. The maximum Gasteiger partial charge on any atom is 0.264 e. The molecule has 3 rings (SSSR count). The quantitative estimate of drug-likeness (QED) is 0.903. The molecule has 0 amide bonds. The first kappa shape index (κ1) is 17.7. The molecule has 0 saturated heterocycles. The molecule has 2 aromatic rings. The molecule has 1 atom stereocenters. The summed E-state index contributed by atoms with van der Waals surface area (Å²) >= 11 is 0. The van der Waals surface area contributed by atoms with Crippen LogP contribution in [-0.2, 0) is 10.0 Å². The summed E-state index contributed by atoms with van der Waals surface area (Å²) in [5.74, 6) is 0.0812. The van der Waals surface area contributed by atoms with E-state index in [1.54, 1.807) is 12.1 Å².